The van der Waals surface area contributed by atoms with Crippen LogP contribution in [0.2, 0.25) is 0 Å². The van der Waals surface area contributed by atoms with E-state index in [1.54, 1.807) is 24.3 Å². The molecule has 0 saturated carbocycles. The third-order valence-electron chi connectivity index (χ3n) is 3.68. The molecule has 0 heterocycles. The molecule has 1 unspecified atom stereocenters. The number of nitrogens with one attached hydrogen (secondary N) is 1. The second-order valence-corrected chi connectivity index (χ2v) is 6.97. The van der Waals surface area contributed by atoms with E-state index in [2.05, 4.69) is 18.6 Å². The third-order valence-corrected chi connectivity index (χ3v) is 5.08. The minimum absolute atomic E-state index is 0.121. The summed E-state index contributed by atoms with van der Waals surface area (Å²) in [4.78, 5) is 10.3. The van der Waals surface area contributed by atoms with Crippen molar-refractivity contribution in [3.8, 4) is 0 Å². The molecule has 1 N–H and O–H groups in total. The summed E-state index contributed by atoms with van der Waals surface area (Å²) in [6.07, 6.45) is 0.970. The van der Waals surface area contributed by atoms with E-state index in [1.807, 2.05) is 0 Å². The summed E-state index contributed by atoms with van der Waals surface area (Å²) in [5, 5.41) is 10.7. The van der Waals surface area contributed by atoms with Gasteiger partial charge in [-0.3, -0.25) is 14.8 Å². The zero-order valence-electron chi connectivity index (χ0n) is 12.9. The monoisotopic (exact) mass is 334 g/mol. The van der Waals surface area contributed by atoms with Gasteiger partial charge in [-0.15, -0.1) is 0 Å². The van der Waals surface area contributed by atoms with Crippen molar-refractivity contribution in [3.05, 3.63) is 64.2 Å². The number of hydrogen-bond donors (Lipinski definition) is 1. The third kappa shape index (κ3) is 4.07. The van der Waals surface area contributed by atoms with Gasteiger partial charge >= 0.3 is 0 Å². The van der Waals surface area contributed by atoms with E-state index in [1.165, 1.54) is 24.3 Å². The predicted molar refractivity (Wildman–Crippen MR) is 89.1 cm³/mol. The second kappa shape index (κ2) is 6.78. The zero-order valence-corrected chi connectivity index (χ0v) is 13.7. The number of anilines is 1. The minimum atomic E-state index is -3.78. The van der Waals surface area contributed by atoms with Gasteiger partial charge in [0.25, 0.3) is 15.7 Å². The number of sulfonamides is 1. The van der Waals surface area contributed by atoms with Gasteiger partial charge in [0, 0.05) is 12.1 Å². The molecule has 0 radical (unpaired) electrons. The van der Waals surface area contributed by atoms with Crippen LogP contribution >= 0.6 is 0 Å². The van der Waals surface area contributed by atoms with Crippen LogP contribution in [0.4, 0.5) is 11.4 Å². The first-order chi connectivity index (χ1) is 10.8. The lowest BCUT2D eigenvalue weighted by molar-refractivity contribution is -0.384. The van der Waals surface area contributed by atoms with E-state index in [-0.39, 0.29) is 16.3 Å². The zero-order chi connectivity index (χ0) is 17.0. The first-order valence-electron chi connectivity index (χ1n) is 7.20. The lowest BCUT2D eigenvalue weighted by Gasteiger charge is -2.11. The summed E-state index contributed by atoms with van der Waals surface area (Å²) in [7, 11) is -3.78. The molecule has 0 aliphatic heterocycles. The Morgan fingerprint density at radius 1 is 1.17 bits per heavy atom. The molecule has 1 atom stereocenters. The molecule has 0 fully saturated rings. The Morgan fingerprint density at radius 2 is 1.83 bits per heavy atom. The normalized spacial score (nSPS) is 12.6. The van der Waals surface area contributed by atoms with Gasteiger partial charge in [-0.2, -0.15) is 0 Å². The molecular formula is C16H18N2O4S. The molecule has 2 aromatic carbocycles. The van der Waals surface area contributed by atoms with Crippen molar-refractivity contribution in [2.75, 3.05) is 4.72 Å². The van der Waals surface area contributed by atoms with Crippen molar-refractivity contribution in [1.82, 2.24) is 0 Å². The summed E-state index contributed by atoms with van der Waals surface area (Å²) in [6.45, 7) is 4.14. The van der Waals surface area contributed by atoms with E-state index < -0.39 is 14.9 Å². The fraction of sp³-hybridized carbons (Fsp3) is 0.250. The van der Waals surface area contributed by atoms with Crippen molar-refractivity contribution in [2.45, 2.75) is 31.1 Å². The standard InChI is InChI=1S/C16H18N2O4S/c1-3-12(2)13-7-9-16(10-8-13)23(21,22)17-14-5-4-6-15(11-14)18(19)20/h4-12,17H,3H2,1-2H3. The van der Waals surface area contributed by atoms with Gasteiger partial charge in [0.1, 0.15) is 0 Å². The first kappa shape index (κ1) is 17.0. The van der Waals surface area contributed by atoms with Crippen LogP contribution in [0.25, 0.3) is 0 Å². The maximum Gasteiger partial charge on any atom is 0.271 e. The quantitative estimate of drug-likeness (QED) is 0.640. The SMILES string of the molecule is CCC(C)c1ccc(S(=O)(=O)Nc2cccc([N+](=O)[O-])c2)cc1. The van der Waals surface area contributed by atoms with E-state index in [0.29, 0.717) is 5.92 Å². The van der Waals surface area contributed by atoms with Crippen LogP contribution in [0.5, 0.6) is 0 Å². The molecule has 0 spiro atoms. The highest BCUT2D eigenvalue weighted by molar-refractivity contribution is 7.92. The number of benzene rings is 2. The molecule has 122 valence electrons. The Balaban J connectivity index is 2.25. The lowest BCUT2D eigenvalue weighted by atomic mass is 9.99. The average Bonchev–Trinajstić information content (AvgIpc) is 2.54. The molecule has 0 bridgehead atoms. The van der Waals surface area contributed by atoms with Gasteiger partial charge in [0.2, 0.25) is 0 Å². The van der Waals surface area contributed by atoms with E-state index >= 15 is 0 Å². The van der Waals surface area contributed by atoms with E-state index in [0.717, 1.165) is 12.0 Å². The highest BCUT2D eigenvalue weighted by Gasteiger charge is 2.16. The molecule has 0 aliphatic carbocycles. The van der Waals surface area contributed by atoms with Gasteiger partial charge in [0.15, 0.2) is 0 Å². The van der Waals surface area contributed by atoms with Crippen molar-refractivity contribution < 1.29 is 13.3 Å². The number of nitrogens with zero attached hydrogens (tertiary/aromatic N) is 1. The minimum Gasteiger partial charge on any atom is -0.279 e. The van der Waals surface area contributed by atoms with Crippen molar-refractivity contribution in [3.63, 3.8) is 0 Å². The molecule has 0 saturated heterocycles. The topological polar surface area (TPSA) is 89.3 Å². The Kier molecular flexibility index (Phi) is 5.00. The highest BCUT2D eigenvalue weighted by Crippen LogP contribution is 2.23. The Morgan fingerprint density at radius 3 is 2.39 bits per heavy atom. The van der Waals surface area contributed by atoms with Crippen molar-refractivity contribution >= 4 is 21.4 Å². The molecular weight excluding hydrogens is 316 g/mol. The molecule has 2 rings (SSSR count). The van der Waals surface area contributed by atoms with E-state index in [4.69, 9.17) is 0 Å². The van der Waals surface area contributed by atoms with Crippen molar-refractivity contribution in [2.24, 2.45) is 0 Å². The van der Waals surface area contributed by atoms with Crippen LogP contribution in [-0.2, 0) is 10.0 Å². The number of nitro groups is 1. The van der Waals surface area contributed by atoms with Crippen molar-refractivity contribution in [1.29, 1.82) is 0 Å². The summed E-state index contributed by atoms with van der Waals surface area (Å²) in [5.41, 5.74) is 1.06. The summed E-state index contributed by atoms with van der Waals surface area (Å²) < 4.78 is 27.1. The summed E-state index contributed by atoms with van der Waals surface area (Å²) in [6, 6.07) is 12.1. The van der Waals surface area contributed by atoms with Crippen LogP contribution in [-0.4, -0.2) is 13.3 Å². The lowest BCUT2D eigenvalue weighted by Crippen LogP contribution is -2.13. The van der Waals surface area contributed by atoms with Gasteiger partial charge in [-0.05, 0) is 36.1 Å². The van der Waals surface area contributed by atoms with Crippen LogP contribution in [0.3, 0.4) is 0 Å². The summed E-state index contributed by atoms with van der Waals surface area (Å²) in [5.74, 6) is 0.358. The van der Waals surface area contributed by atoms with Crippen LogP contribution in [0, 0.1) is 10.1 Å². The van der Waals surface area contributed by atoms with Crippen LogP contribution in [0.1, 0.15) is 31.7 Å². The molecule has 0 aromatic heterocycles. The molecule has 23 heavy (non-hydrogen) atoms. The van der Waals surface area contributed by atoms with Gasteiger partial charge in [0.05, 0.1) is 15.5 Å². The number of non-ortho nitro benzene ring substituents is 1. The number of nitro benzene ring substituents is 1. The van der Waals surface area contributed by atoms with Gasteiger partial charge in [-0.25, -0.2) is 8.42 Å². The molecule has 2 aromatic rings. The Bertz CT molecular complexity index is 801. The molecule has 0 aliphatic rings. The van der Waals surface area contributed by atoms with Gasteiger partial charge in [-0.1, -0.05) is 32.0 Å². The Hall–Kier alpha value is -2.41. The maximum atomic E-state index is 12.4. The molecule has 6 nitrogen and oxygen atoms in total. The first-order valence-corrected chi connectivity index (χ1v) is 8.69. The predicted octanol–water partition coefficient (Wildman–Crippen LogP) is 3.91. The fourth-order valence-corrected chi connectivity index (χ4v) is 3.16. The number of rotatable bonds is 6. The summed E-state index contributed by atoms with van der Waals surface area (Å²) >= 11 is 0. The Labute approximate surface area is 135 Å². The fourth-order valence-electron chi connectivity index (χ4n) is 2.11. The van der Waals surface area contributed by atoms with Crippen LogP contribution < -0.4 is 4.72 Å². The highest BCUT2D eigenvalue weighted by atomic mass is 32.2. The van der Waals surface area contributed by atoms with Crippen LogP contribution in [0.15, 0.2) is 53.4 Å². The smallest absolute Gasteiger partial charge is 0.271 e. The second-order valence-electron chi connectivity index (χ2n) is 5.29. The van der Waals surface area contributed by atoms with Gasteiger partial charge < -0.3 is 0 Å². The maximum absolute atomic E-state index is 12.4. The number of hydrogen-bond acceptors (Lipinski definition) is 4. The molecule has 7 heteroatoms. The largest absolute Gasteiger partial charge is 0.279 e. The van der Waals surface area contributed by atoms with E-state index in [9.17, 15) is 18.5 Å². The average molecular weight is 334 g/mol. The molecule has 0 amide bonds.